The number of aryl methyl sites for hydroxylation is 1. The molecule has 3 atom stereocenters. The molecule has 1 aromatic carbocycles. The predicted octanol–water partition coefficient (Wildman–Crippen LogP) is 4.22. The van der Waals surface area contributed by atoms with Gasteiger partial charge in [0, 0.05) is 24.5 Å². The van der Waals surface area contributed by atoms with Gasteiger partial charge in [0.15, 0.2) is 5.82 Å². The topological polar surface area (TPSA) is 83.3 Å². The molecule has 3 heterocycles. The van der Waals surface area contributed by atoms with E-state index in [-0.39, 0.29) is 12.1 Å². The lowest BCUT2D eigenvalue weighted by Crippen LogP contribution is -2.55. The number of anilines is 1. The van der Waals surface area contributed by atoms with Crippen molar-refractivity contribution >= 4 is 11.7 Å². The number of aromatic nitrogens is 2. The minimum absolute atomic E-state index is 0.171. The lowest BCUT2D eigenvalue weighted by atomic mass is 9.82. The van der Waals surface area contributed by atoms with Crippen LogP contribution in [0.4, 0.5) is 10.5 Å². The standard InChI is InChI=1S/C22H31N5O2/c1-3-4-12-20-25-21(29-26-20)18-10-5-6-11-19(18)24-22(28)23-15-13-16-8-7-9-17(14-15)27(16)2/h5-6,10-11,15-17H,3-4,7-9,12-14H2,1-2H3,(H2,23,24,28)/t15-,16+,17-. The zero-order valence-corrected chi connectivity index (χ0v) is 17.4. The molecule has 2 bridgehead atoms. The van der Waals surface area contributed by atoms with Crippen LogP contribution in [0.15, 0.2) is 28.8 Å². The molecule has 0 unspecified atom stereocenters. The maximum atomic E-state index is 12.7. The average molecular weight is 398 g/mol. The first-order valence-electron chi connectivity index (χ1n) is 10.9. The fraction of sp³-hybridized carbons (Fsp3) is 0.591. The molecule has 0 radical (unpaired) electrons. The van der Waals surface area contributed by atoms with Crippen molar-refractivity contribution in [2.45, 2.75) is 76.4 Å². The summed E-state index contributed by atoms with van der Waals surface area (Å²) in [6.07, 6.45) is 8.71. The van der Waals surface area contributed by atoms with E-state index in [2.05, 4.69) is 39.6 Å². The number of para-hydroxylation sites is 1. The molecular weight excluding hydrogens is 366 g/mol. The Labute approximate surface area is 172 Å². The van der Waals surface area contributed by atoms with E-state index in [4.69, 9.17) is 4.52 Å². The van der Waals surface area contributed by atoms with Crippen molar-refractivity contribution in [3.05, 3.63) is 30.1 Å². The summed E-state index contributed by atoms with van der Waals surface area (Å²) in [7, 11) is 2.22. The van der Waals surface area contributed by atoms with Crippen LogP contribution in [0.1, 0.15) is 57.7 Å². The summed E-state index contributed by atoms with van der Waals surface area (Å²) in [5.74, 6) is 1.15. The van der Waals surface area contributed by atoms with Gasteiger partial charge in [-0.15, -0.1) is 0 Å². The number of amides is 2. The smallest absolute Gasteiger partial charge is 0.319 e. The van der Waals surface area contributed by atoms with Crippen LogP contribution in [0.5, 0.6) is 0 Å². The summed E-state index contributed by atoms with van der Waals surface area (Å²) < 4.78 is 5.44. The zero-order chi connectivity index (χ0) is 20.2. The molecule has 1 aromatic heterocycles. The van der Waals surface area contributed by atoms with Crippen molar-refractivity contribution in [3.63, 3.8) is 0 Å². The molecule has 2 N–H and O–H groups in total. The second kappa shape index (κ2) is 8.95. The third kappa shape index (κ3) is 4.61. The van der Waals surface area contributed by atoms with Crippen molar-refractivity contribution in [3.8, 4) is 11.5 Å². The Bertz CT molecular complexity index is 822. The highest BCUT2D eigenvalue weighted by molar-refractivity contribution is 5.93. The lowest BCUT2D eigenvalue weighted by molar-refractivity contribution is 0.0513. The molecule has 2 aliphatic rings. The number of hydrogen-bond acceptors (Lipinski definition) is 5. The number of urea groups is 1. The number of hydrogen-bond donors (Lipinski definition) is 2. The Balaban J connectivity index is 1.41. The number of carbonyl (C=O) groups excluding carboxylic acids is 1. The first kappa shape index (κ1) is 19.9. The molecule has 29 heavy (non-hydrogen) atoms. The molecule has 2 saturated heterocycles. The van der Waals surface area contributed by atoms with Gasteiger partial charge >= 0.3 is 6.03 Å². The number of nitrogens with zero attached hydrogens (tertiary/aromatic N) is 3. The Morgan fingerprint density at radius 3 is 2.76 bits per heavy atom. The van der Waals surface area contributed by atoms with E-state index in [9.17, 15) is 4.79 Å². The Morgan fingerprint density at radius 2 is 2.00 bits per heavy atom. The van der Waals surface area contributed by atoms with Crippen molar-refractivity contribution in [2.24, 2.45) is 0 Å². The minimum atomic E-state index is -0.171. The van der Waals surface area contributed by atoms with Crippen LogP contribution in [0.2, 0.25) is 0 Å². The van der Waals surface area contributed by atoms with Gasteiger partial charge in [0.05, 0.1) is 11.3 Å². The monoisotopic (exact) mass is 397 g/mol. The van der Waals surface area contributed by atoms with Crippen molar-refractivity contribution in [2.75, 3.05) is 12.4 Å². The second-order valence-electron chi connectivity index (χ2n) is 8.34. The molecule has 2 aromatic rings. The number of nitrogens with one attached hydrogen (secondary N) is 2. The predicted molar refractivity (Wildman–Crippen MR) is 113 cm³/mol. The fourth-order valence-corrected chi connectivity index (χ4v) is 4.66. The maximum absolute atomic E-state index is 12.7. The summed E-state index contributed by atoms with van der Waals surface area (Å²) in [5.41, 5.74) is 1.43. The van der Waals surface area contributed by atoms with Gasteiger partial charge in [-0.2, -0.15) is 4.98 Å². The van der Waals surface area contributed by atoms with Gasteiger partial charge in [0.1, 0.15) is 0 Å². The minimum Gasteiger partial charge on any atom is -0.335 e. The van der Waals surface area contributed by atoms with Gasteiger partial charge in [-0.3, -0.25) is 0 Å². The number of fused-ring (bicyclic) bond motifs is 2. The third-order valence-electron chi connectivity index (χ3n) is 6.30. The van der Waals surface area contributed by atoms with E-state index in [0.717, 1.165) is 37.7 Å². The molecule has 7 nitrogen and oxygen atoms in total. The van der Waals surface area contributed by atoms with Crippen molar-refractivity contribution in [1.29, 1.82) is 0 Å². The van der Waals surface area contributed by atoms with Crippen LogP contribution < -0.4 is 10.6 Å². The molecule has 156 valence electrons. The highest BCUT2D eigenvalue weighted by atomic mass is 16.5. The van der Waals surface area contributed by atoms with Crippen LogP contribution in [0.3, 0.4) is 0 Å². The van der Waals surface area contributed by atoms with Gasteiger partial charge in [-0.1, -0.05) is 37.1 Å². The zero-order valence-electron chi connectivity index (χ0n) is 17.4. The summed E-state index contributed by atoms with van der Waals surface area (Å²) in [6.45, 7) is 2.14. The van der Waals surface area contributed by atoms with Crippen LogP contribution >= 0.6 is 0 Å². The summed E-state index contributed by atoms with van der Waals surface area (Å²) >= 11 is 0. The third-order valence-corrected chi connectivity index (χ3v) is 6.30. The van der Waals surface area contributed by atoms with Crippen LogP contribution in [0, 0.1) is 0 Å². The quantitative estimate of drug-likeness (QED) is 0.763. The molecule has 7 heteroatoms. The molecular formula is C22H31N5O2. The molecule has 2 aliphatic heterocycles. The maximum Gasteiger partial charge on any atom is 0.319 e. The van der Waals surface area contributed by atoms with E-state index in [1.54, 1.807) is 0 Å². The molecule has 0 spiro atoms. The Hall–Kier alpha value is -2.41. The van der Waals surface area contributed by atoms with E-state index in [0.29, 0.717) is 29.5 Å². The Kier molecular flexibility index (Phi) is 6.13. The normalized spacial score (nSPS) is 24.3. The van der Waals surface area contributed by atoms with Gasteiger partial charge in [0.2, 0.25) is 0 Å². The first-order chi connectivity index (χ1) is 14.1. The number of carbonyl (C=O) groups is 1. The molecule has 2 fully saturated rings. The SMILES string of the molecule is CCCCc1noc(-c2ccccc2NC(=O)N[C@H]2C[C@H]3CCC[C@@H](C2)N3C)n1. The fourth-order valence-electron chi connectivity index (χ4n) is 4.66. The number of piperidine rings is 2. The summed E-state index contributed by atoms with van der Waals surface area (Å²) in [5, 5.41) is 10.2. The van der Waals surface area contributed by atoms with E-state index < -0.39 is 0 Å². The van der Waals surface area contributed by atoms with Crippen molar-refractivity contribution in [1.82, 2.24) is 20.4 Å². The van der Waals surface area contributed by atoms with Gasteiger partial charge in [-0.25, -0.2) is 4.79 Å². The number of benzene rings is 1. The lowest BCUT2D eigenvalue weighted by Gasteiger charge is -2.47. The van der Waals surface area contributed by atoms with E-state index in [1.165, 1.54) is 19.3 Å². The van der Waals surface area contributed by atoms with Crippen LogP contribution in [0.25, 0.3) is 11.5 Å². The van der Waals surface area contributed by atoms with E-state index >= 15 is 0 Å². The highest BCUT2D eigenvalue weighted by Gasteiger charge is 2.36. The summed E-state index contributed by atoms with van der Waals surface area (Å²) in [6, 6.07) is 8.79. The summed E-state index contributed by atoms with van der Waals surface area (Å²) in [4.78, 5) is 19.7. The number of unbranched alkanes of at least 4 members (excludes halogenated alkanes) is 1. The largest absolute Gasteiger partial charge is 0.335 e. The van der Waals surface area contributed by atoms with E-state index in [1.807, 2.05) is 24.3 Å². The second-order valence-corrected chi connectivity index (χ2v) is 8.34. The average Bonchev–Trinajstić information content (AvgIpc) is 3.16. The Morgan fingerprint density at radius 1 is 1.24 bits per heavy atom. The van der Waals surface area contributed by atoms with Crippen LogP contribution in [-0.4, -0.2) is 46.2 Å². The van der Waals surface area contributed by atoms with Gasteiger partial charge in [-0.05, 0) is 51.3 Å². The van der Waals surface area contributed by atoms with Crippen LogP contribution in [-0.2, 0) is 6.42 Å². The van der Waals surface area contributed by atoms with Gasteiger partial charge in [0.25, 0.3) is 5.89 Å². The van der Waals surface area contributed by atoms with Gasteiger partial charge < -0.3 is 20.1 Å². The first-order valence-corrected chi connectivity index (χ1v) is 10.9. The van der Waals surface area contributed by atoms with Crippen molar-refractivity contribution < 1.29 is 9.32 Å². The molecule has 2 amide bonds. The number of rotatable bonds is 6. The highest BCUT2D eigenvalue weighted by Crippen LogP contribution is 2.33. The molecule has 0 aliphatic carbocycles. The molecule has 4 rings (SSSR count). The molecule has 0 saturated carbocycles.